The summed E-state index contributed by atoms with van der Waals surface area (Å²) in [5, 5.41) is 9.92. The summed E-state index contributed by atoms with van der Waals surface area (Å²) in [5.41, 5.74) is 3.44. The first-order valence-electron chi connectivity index (χ1n) is 9.33. The Hall–Kier alpha value is -3.13. The van der Waals surface area contributed by atoms with Gasteiger partial charge in [-0.25, -0.2) is 4.98 Å². The number of thioether (sulfide) groups is 1. The van der Waals surface area contributed by atoms with E-state index in [-0.39, 0.29) is 11.7 Å². The van der Waals surface area contributed by atoms with Gasteiger partial charge in [0.05, 0.1) is 12.4 Å². The summed E-state index contributed by atoms with van der Waals surface area (Å²) in [6.07, 6.45) is 0. The second-order valence-corrected chi connectivity index (χ2v) is 7.52. The predicted molar refractivity (Wildman–Crippen MR) is 114 cm³/mol. The fourth-order valence-electron chi connectivity index (χ4n) is 3.02. The van der Waals surface area contributed by atoms with E-state index >= 15 is 0 Å². The molecule has 0 aliphatic rings. The number of aromatic nitrogens is 4. The van der Waals surface area contributed by atoms with Crippen LogP contribution >= 0.6 is 11.8 Å². The second-order valence-electron chi connectivity index (χ2n) is 6.58. The number of carbonyl (C=O) groups is 1. The molecule has 0 aliphatic heterocycles. The number of nitrogens with one attached hydrogen (secondary N) is 1. The molecule has 2 heterocycles. The maximum Gasteiger partial charge on any atom is 0.233 e. The number of aromatic amines is 1. The van der Waals surface area contributed by atoms with Crippen molar-refractivity contribution < 1.29 is 9.53 Å². The number of hydrogen-bond donors (Lipinski definition) is 1. The van der Waals surface area contributed by atoms with Crippen molar-refractivity contribution in [1.29, 1.82) is 0 Å². The highest BCUT2D eigenvalue weighted by molar-refractivity contribution is 7.99. The lowest BCUT2D eigenvalue weighted by Crippen LogP contribution is -2.27. The lowest BCUT2D eigenvalue weighted by molar-refractivity contribution is -0.127. The first-order chi connectivity index (χ1) is 14.1. The van der Waals surface area contributed by atoms with Crippen molar-refractivity contribution in [3.8, 4) is 5.75 Å². The number of fused-ring (bicyclic) bond motifs is 3. The summed E-state index contributed by atoms with van der Waals surface area (Å²) in [5.74, 6) is 1.09. The molecule has 29 heavy (non-hydrogen) atoms. The van der Waals surface area contributed by atoms with E-state index in [4.69, 9.17) is 4.74 Å². The molecule has 2 aromatic carbocycles. The second kappa shape index (κ2) is 8.48. The van der Waals surface area contributed by atoms with Gasteiger partial charge in [-0.15, -0.1) is 10.2 Å². The van der Waals surface area contributed by atoms with Gasteiger partial charge in [0.15, 0.2) is 5.65 Å². The van der Waals surface area contributed by atoms with Crippen LogP contribution in [-0.2, 0) is 11.3 Å². The van der Waals surface area contributed by atoms with Crippen molar-refractivity contribution in [2.75, 3.05) is 19.4 Å². The normalized spacial score (nSPS) is 11.1. The molecule has 148 valence electrons. The molecule has 0 aliphatic carbocycles. The number of benzene rings is 2. The van der Waals surface area contributed by atoms with Gasteiger partial charge in [-0.2, -0.15) is 0 Å². The predicted octanol–water partition coefficient (Wildman–Crippen LogP) is 3.66. The standard InChI is InChI=1S/C21H21N5O2S/c1-3-28-15-10-8-14(9-11-15)12-26(2)18(27)13-29-21-23-20-19(24-25-21)16-6-4-5-7-17(16)22-20/h4-11H,3,12-13H2,1-2H3,(H,22,23,25). The maximum absolute atomic E-state index is 12.5. The molecule has 4 rings (SSSR count). The largest absolute Gasteiger partial charge is 0.494 e. The lowest BCUT2D eigenvalue weighted by Gasteiger charge is -2.17. The van der Waals surface area contributed by atoms with Crippen LogP contribution in [-0.4, -0.2) is 50.4 Å². The molecule has 2 aromatic heterocycles. The van der Waals surface area contributed by atoms with Gasteiger partial charge in [0.25, 0.3) is 0 Å². The van der Waals surface area contributed by atoms with Crippen molar-refractivity contribution in [3.63, 3.8) is 0 Å². The molecule has 7 nitrogen and oxygen atoms in total. The Kier molecular flexibility index (Phi) is 5.62. The molecule has 4 aromatic rings. The Morgan fingerprint density at radius 1 is 1.14 bits per heavy atom. The summed E-state index contributed by atoms with van der Waals surface area (Å²) >= 11 is 1.29. The van der Waals surface area contributed by atoms with Crippen LogP contribution in [0.5, 0.6) is 5.75 Å². The van der Waals surface area contributed by atoms with E-state index in [1.165, 1.54) is 11.8 Å². The molecule has 0 fully saturated rings. The SMILES string of the molecule is CCOc1ccc(CN(C)C(=O)CSc2nnc3c(n2)[nH]c2ccccc23)cc1. The molecule has 0 atom stereocenters. The smallest absolute Gasteiger partial charge is 0.233 e. The van der Waals surface area contributed by atoms with Gasteiger partial charge in [0, 0.05) is 24.5 Å². The minimum absolute atomic E-state index is 0.00392. The molecule has 0 bridgehead atoms. The van der Waals surface area contributed by atoms with E-state index in [9.17, 15) is 4.79 Å². The van der Waals surface area contributed by atoms with E-state index in [0.29, 0.717) is 24.0 Å². The molecule has 0 radical (unpaired) electrons. The van der Waals surface area contributed by atoms with Gasteiger partial charge in [-0.05, 0) is 30.7 Å². The van der Waals surface area contributed by atoms with Gasteiger partial charge in [-0.3, -0.25) is 4.79 Å². The number of hydrogen-bond acceptors (Lipinski definition) is 6. The van der Waals surface area contributed by atoms with Gasteiger partial charge < -0.3 is 14.6 Å². The van der Waals surface area contributed by atoms with Crippen LogP contribution < -0.4 is 4.74 Å². The van der Waals surface area contributed by atoms with Gasteiger partial charge >= 0.3 is 0 Å². The van der Waals surface area contributed by atoms with Crippen LogP contribution in [0.2, 0.25) is 0 Å². The molecule has 8 heteroatoms. The molecule has 0 spiro atoms. The average Bonchev–Trinajstić information content (AvgIpc) is 3.11. The summed E-state index contributed by atoms with van der Waals surface area (Å²) in [7, 11) is 1.79. The van der Waals surface area contributed by atoms with Crippen LogP contribution in [0.15, 0.2) is 53.7 Å². The van der Waals surface area contributed by atoms with E-state index in [1.54, 1.807) is 11.9 Å². The Morgan fingerprint density at radius 2 is 1.93 bits per heavy atom. The number of amides is 1. The average molecular weight is 407 g/mol. The zero-order valence-electron chi connectivity index (χ0n) is 16.3. The molecule has 0 unspecified atom stereocenters. The fraction of sp³-hybridized carbons (Fsp3) is 0.238. The first-order valence-corrected chi connectivity index (χ1v) is 10.3. The van der Waals surface area contributed by atoms with Crippen LogP contribution in [0.4, 0.5) is 0 Å². The maximum atomic E-state index is 12.5. The quantitative estimate of drug-likeness (QED) is 0.471. The third-order valence-corrected chi connectivity index (χ3v) is 5.33. The number of para-hydroxylation sites is 1. The number of carbonyl (C=O) groups excluding carboxylic acids is 1. The molecule has 0 saturated carbocycles. The van der Waals surface area contributed by atoms with E-state index in [2.05, 4.69) is 20.2 Å². The van der Waals surface area contributed by atoms with Crippen LogP contribution in [0.25, 0.3) is 22.1 Å². The number of H-pyrrole nitrogens is 1. The highest BCUT2D eigenvalue weighted by Gasteiger charge is 2.13. The zero-order valence-corrected chi connectivity index (χ0v) is 17.1. The molecule has 1 N–H and O–H groups in total. The van der Waals surface area contributed by atoms with Crippen molar-refractivity contribution in [2.24, 2.45) is 0 Å². The van der Waals surface area contributed by atoms with Crippen molar-refractivity contribution in [1.82, 2.24) is 25.1 Å². The molecular formula is C21H21N5O2S. The summed E-state index contributed by atoms with van der Waals surface area (Å²) in [4.78, 5) is 21.9. The highest BCUT2D eigenvalue weighted by Crippen LogP contribution is 2.23. The van der Waals surface area contributed by atoms with Crippen molar-refractivity contribution >= 4 is 39.7 Å². The highest BCUT2D eigenvalue weighted by atomic mass is 32.2. The fourth-order valence-corrected chi connectivity index (χ4v) is 3.75. The van der Waals surface area contributed by atoms with Crippen molar-refractivity contribution in [3.05, 3.63) is 54.1 Å². The zero-order chi connectivity index (χ0) is 20.2. The molecule has 0 saturated heterocycles. The lowest BCUT2D eigenvalue weighted by atomic mass is 10.2. The Morgan fingerprint density at radius 3 is 2.72 bits per heavy atom. The number of nitrogens with zero attached hydrogens (tertiary/aromatic N) is 4. The molecule has 1 amide bonds. The van der Waals surface area contributed by atoms with E-state index in [0.717, 1.165) is 27.7 Å². The minimum Gasteiger partial charge on any atom is -0.494 e. The molecular weight excluding hydrogens is 386 g/mol. The van der Waals surface area contributed by atoms with Crippen LogP contribution in [0.3, 0.4) is 0 Å². The summed E-state index contributed by atoms with van der Waals surface area (Å²) in [6, 6.07) is 15.7. The number of ether oxygens (including phenoxy) is 1. The topological polar surface area (TPSA) is 84.0 Å². The minimum atomic E-state index is 0.00392. The monoisotopic (exact) mass is 407 g/mol. The van der Waals surface area contributed by atoms with Crippen LogP contribution in [0, 0.1) is 0 Å². The summed E-state index contributed by atoms with van der Waals surface area (Å²) in [6.45, 7) is 3.12. The Balaban J connectivity index is 1.37. The van der Waals surface area contributed by atoms with E-state index in [1.807, 2.05) is 55.5 Å². The first kappa shape index (κ1) is 19.2. The summed E-state index contributed by atoms with van der Waals surface area (Å²) < 4.78 is 5.44. The Bertz CT molecular complexity index is 1140. The van der Waals surface area contributed by atoms with Gasteiger partial charge in [0.2, 0.25) is 11.1 Å². The van der Waals surface area contributed by atoms with Gasteiger partial charge in [0.1, 0.15) is 11.3 Å². The third-order valence-electron chi connectivity index (χ3n) is 4.51. The van der Waals surface area contributed by atoms with E-state index < -0.39 is 0 Å². The van der Waals surface area contributed by atoms with Crippen molar-refractivity contribution in [2.45, 2.75) is 18.6 Å². The van der Waals surface area contributed by atoms with Gasteiger partial charge in [-0.1, -0.05) is 42.1 Å². The third kappa shape index (κ3) is 4.32. The Labute approximate surface area is 172 Å². The van der Waals surface area contributed by atoms with Crippen LogP contribution in [0.1, 0.15) is 12.5 Å². The number of rotatable bonds is 7.